The molecule has 0 atom stereocenters. The maximum Gasteiger partial charge on any atom is 0.303 e. The van der Waals surface area contributed by atoms with E-state index in [0.717, 1.165) is 19.5 Å². The van der Waals surface area contributed by atoms with Crippen molar-refractivity contribution in [2.24, 2.45) is 0 Å². The third kappa shape index (κ3) is 4.99. The first-order valence-corrected chi connectivity index (χ1v) is 5.67. The molecule has 1 rings (SSSR count). The fraction of sp³-hybridized carbons (Fsp3) is 0.500. The van der Waals surface area contributed by atoms with E-state index in [1.807, 2.05) is 0 Å². The molecule has 3 nitrogen and oxygen atoms in total. The predicted octanol–water partition coefficient (Wildman–Crippen LogP) is 1.74. The molecule has 78 valence electrons. The Kier molecular flexibility index (Phi) is 5.25. The van der Waals surface area contributed by atoms with Crippen molar-refractivity contribution in [3.63, 3.8) is 0 Å². The first-order valence-electron chi connectivity index (χ1n) is 4.72. The lowest BCUT2D eigenvalue weighted by Crippen LogP contribution is -2.19. The molecule has 1 aromatic heterocycles. The zero-order valence-electron chi connectivity index (χ0n) is 8.03. The van der Waals surface area contributed by atoms with Gasteiger partial charge in [0.2, 0.25) is 0 Å². The van der Waals surface area contributed by atoms with Crippen LogP contribution in [0.25, 0.3) is 0 Å². The van der Waals surface area contributed by atoms with Crippen molar-refractivity contribution < 1.29 is 9.90 Å². The smallest absolute Gasteiger partial charge is 0.303 e. The molecule has 0 unspecified atom stereocenters. The highest BCUT2D eigenvalue weighted by atomic mass is 32.1. The van der Waals surface area contributed by atoms with E-state index in [2.05, 4.69) is 22.1 Å². The van der Waals surface area contributed by atoms with E-state index in [1.54, 1.807) is 11.3 Å². The van der Waals surface area contributed by atoms with Crippen LogP contribution in [0.5, 0.6) is 0 Å². The highest BCUT2D eigenvalue weighted by Gasteiger charge is 1.96. The Morgan fingerprint density at radius 3 is 3.00 bits per heavy atom. The molecule has 0 aliphatic heterocycles. The van der Waals surface area contributed by atoms with Crippen molar-refractivity contribution in [1.82, 2.24) is 5.32 Å². The van der Waals surface area contributed by atoms with Gasteiger partial charge in [-0.1, -0.05) is 0 Å². The Balaban J connectivity index is 1.92. The lowest BCUT2D eigenvalue weighted by atomic mass is 10.2. The molecule has 0 saturated heterocycles. The summed E-state index contributed by atoms with van der Waals surface area (Å²) in [6, 6.07) is 2.11. The summed E-state index contributed by atoms with van der Waals surface area (Å²) in [5, 5.41) is 15.8. The summed E-state index contributed by atoms with van der Waals surface area (Å²) in [4.78, 5) is 10.2. The molecule has 0 amide bonds. The minimum atomic E-state index is -0.718. The summed E-state index contributed by atoms with van der Waals surface area (Å²) in [5.74, 6) is -0.718. The van der Waals surface area contributed by atoms with E-state index in [0.29, 0.717) is 6.42 Å². The molecular formula is C10H15NO2S. The van der Waals surface area contributed by atoms with Gasteiger partial charge in [-0.2, -0.15) is 11.3 Å². The van der Waals surface area contributed by atoms with Crippen LogP contribution >= 0.6 is 11.3 Å². The van der Waals surface area contributed by atoms with Gasteiger partial charge in [0.15, 0.2) is 0 Å². The summed E-state index contributed by atoms with van der Waals surface area (Å²) >= 11 is 1.71. The van der Waals surface area contributed by atoms with Crippen LogP contribution < -0.4 is 5.32 Å². The lowest BCUT2D eigenvalue weighted by molar-refractivity contribution is -0.137. The fourth-order valence-electron chi connectivity index (χ4n) is 1.16. The zero-order valence-corrected chi connectivity index (χ0v) is 8.85. The van der Waals surface area contributed by atoms with E-state index >= 15 is 0 Å². The molecule has 1 aromatic rings. The Bertz CT molecular complexity index is 259. The van der Waals surface area contributed by atoms with Crippen LogP contribution in [0, 0.1) is 0 Å². The topological polar surface area (TPSA) is 49.3 Å². The quantitative estimate of drug-likeness (QED) is 0.678. The van der Waals surface area contributed by atoms with Crippen LogP contribution in [0.15, 0.2) is 16.8 Å². The number of thiophene rings is 1. The summed E-state index contributed by atoms with van der Waals surface area (Å²) in [7, 11) is 0. The molecule has 0 saturated carbocycles. The number of hydrogen-bond donors (Lipinski definition) is 2. The van der Waals surface area contributed by atoms with Crippen molar-refractivity contribution >= 4 is 17.3 Å². The highest BCUT2D eigenvalue weighted by molar-refractivity contribution is 7.07. The number of rotatable bonds is 7. The summed E-state index contributed by atoms with van der Waals surface area (Å²) < 4.78 is 0. The average molecular weight is 213 g/mol. The number of carboxylic acids is 1. The molecule has 2 N–H and O–H groups in total. The van der Waals surface area contributed by atoms with Gasteiger partial charge >= 0.3 is 5.97 Å². The van der Waals surface area contributed by atoms with Gasteiger partial charge in [-0.3, -0.25) is 4.79 Å². The zero-order chi connectivity index (χ0) is 10.2. The number of hydrogen-bond acceptors (Lipinski definition) is 3. The Hall–Kier alpha value is -0.870. The van der Waals surface area contributed by atoms with Gasteiger partial charge < -0.3 is 10.4 Å². The standard InChI is InChI=1S/C10H15NO2S/c12-10(13)2-1-5-11-6-3-9-4-7-14-8-9/h4,7-8,11H,1-3,5-6H2,(H,12,13). The number of aliphatic carboxylic acids is 1. The molecule has 1 heterocycles. The van der Waals surface area contributed by atoms with Gasteiger partial charge in [-0.25, -0.2) is 0 Å². The van der Waals surface area contributed by atoms with Crippen LogP contribution in [-0.4, -0.2) is 24.2 Å². The van der Waals surface area contributed by atoms with Gasteiger partial charge in [0, 0.05) is 6.42 Å². The Labute approximate surface area is 87.8 Å². The first-order chi connectivity index (χ1) is 6.79. The average Bonchev–Trinajstić information content (AvgIpc) is 2.63. The van der Waals surface area contributed by atoms with E-state index in [1.165, 1.54) is 5.56 Å². The van der Waals surface area contributed by atoms with Crippen molar-refractivity contribution in [1.29, 1.82) is 0 Å². The minimum Gasteiger partial charge on any atom is -0.481 e. The molecular weight excluding hydrogens is 198 g/mol. The van der Waals surface area contributed by atoms with Crippen LogP contribution in [0.1, 0.15) is 18.4 Å². The highest BCUT2D eigenvalue weighted by Crippen LogP contribution is 2.05. The second kappa shape index (κ2) is 6.56. The second-order valence-electron chi connectivity index (χ2n) is 3.13. The van der Waals surface area contributed by atoms with E-state index in [4.69, 9.17) is 5.11 Å². The third-order valence-corrected chi connectivity index (χ3v) is 2.65. The van der Waals surface area contributed by atoms with Gasteiger partial charge in [0.05, 0.1) is 0 Å². The molecule has 0 aliphatic rings. The first kappa shape index (κ1) is 11.2. The van der Waals surface area contributed by atoms with E-state index in [-0.39, 0.29) is 6.42 Å². The number of carbonyl (C=O) groups is 1. The van der Waals surface area contributed by atoms with Crippen molar-refractivity contribution in [3.05, 3.63) is 22.4 Å². The van der Waals surface area contributed by atoms with Crippen LogP contribution in [-0.2, 0) is 11.2 Å². The Morgan fingerprint density at radius 2 is 2.36 bits per heavy atom. The maximum atomic E-state index is 10.2. The van der Waals surface area contributed by atoms with E-state index in [9.17, 15) is 4.79 Å². The molecule has 0 aliphatic carbocycles. The summed E-state index contributed by atoms with van der Waals surface area (Å²) in [6.07, 6.45) is 1.99. The second-order valence-corrected chi connectivity index (χ2v) is 3.91. The number of nitrogens with one attached hydrogen (secondary N) is 1. The van der Waals surface area contributed by atoms with Gasteiger partial charge in [0.25, 0.3) is 0 Å². The van der Waals surface area contributed by atoms with Crippen molar-refractivity contribution in [3.8, 4) is 0 Å². The minimum absolute atomic E-state index is 0.255. The monoisotopic (exact) mass is 213 g/mol. The molecule has 0 aromatic carbocycles. The molecule has 0 fully saturated rings. The van der Waals surface area contributed by atoms with Crippen LogP contribution in [0.4, 0.5) is 0 Å². The molecule has 0 radical (unpaired) electrons. The third-order valence-electron chi connectivity index (χ3n) is 1.91. The summed E-state index contributed by atoms with van der Waals surface area (Å²) in [5.41, 5.74) is 1.35. The predicted molar refractivity (Wildman–Crippen MR) is 57.8 cm³/mol. The van der Waals surface area contributed by atoms with Crippen LogP contribution in [0.3, 0.4) is 0 Å². The van der Waals surface area contributed by atoms with Crippen LogP contribution in [0.2, 0.25) is 0 Å². The lowest BCUT2D eigenvalue weighted by Gasteiger charge is -2.01. The van der Waals surface area contributed by atoms with Gasteiger partial charge in [0.1, 0.15) is 0 Å². The maximum absolute atomic E-state index is 10.2. The SMILES string of the molecule is O=C(O)CCCNCCc1ccsc1. The molecule has 14 heavy (non-hydrogen) atoms. The van der Waals surface area contributed by atoms with Crippen molar-refractivity contribution in [2.45, 2.75) is 19.3 Å². The van der Waals surface area contributed by atoms with Crippen molar-refractivity contribution in [2.75, 3.05) is 13.1 Å². The van der Waals surface area contributed by atoms with Gasteiger partial charge in [-0.15, -0.1) is 0 Å². The molecule has 0 bridgehead atoms. The number of carboxylic acid groups (broad SMARTS) is 1. The van der Waals surface area contributed by atoms with E-state index < -0.39 is 5.97 Å². The van der Waals surface area contributed by atoms with Gasteiger partial charge in [-0.05, 0) is 48.3 Å². The fourth-order valence-corrected chi connectivity index (χ4v) is 1.86. The molecule has 4 heteroatoms. The summed E-state index contributed by atoms with van der Waals surface area (Å²) in [6.45, 7) is 1.72. The Morgan fingerprint density at radius 1 is 1.50 bits per heavy atom. The normalized spacial score (nSPS) is 10.3. The largest absolute Gasteiger partial charge is 0.481 e. The molecule has 0 spiro atoms.